The zero-order chi connectivity index (χ0) is 24.8. The summed E-state index contributed by atoms with van der Waals surface area (Å²) in [5.41, 5.74) is 3.33. The molecule has 0 N–H and O–H groups in total. The minimum absolute atomic E-state index is 0.137. The van der Waals surface area contributed by atoms with Crippen LogP contribution >= 0.6 is 0 Å². The molecule has 1 heterocycles. The average Bonchev–Trinajstić information content (AvgIpc) is 2.88. The Morgan fingerprint density at radius 1 is 0.743 bits per heavy atom. The van der Waals surface area contributed by atoms with Crippen LogP contribution < -0.4 is 0 Å². The summed E-state index contributed by atoms with van der Waals surface area (Å²) < 4.78 is 55.7. The third-order valence-electron chi connectivity index (χ3n) is 6.67. The zero-order valence-corrected chi connectivity index (χ0v) is 20.5. The number of benzene rings is 3. The van der Waals surface area contributed by atoms with Gasteiger partial charge in [-0.1, -0.05) is 81.6 Å². The third-order valence-corrected chi connectivity index (χ3v) is 6.67. The van der Waals surface area contributed by atoms with Gasteiger partial charge in [-0.05, 0) is 53.1 Å². The van der Waals surface area contributed by atoms with Crippen LogP contribution in [0.3, 0.4) is 0 Å². The van der Waals surface area contributed by atoms with E-state index in [0.29, 0.717) is 36.3 Å². The maximum atomic E-state index is 15.0. The quantitative estimate of drug-likeness (QED) is 0.285. The lowest BCUT2D eigenvalue weighted by atomic mass is 9.94. The van der Waals surface area contributed by atoms with Crippen LogP contribution in [0.5, 0.6) is 0 Å². The van der Waals surface area contributed by atoms with E-state index in [4.69, 9.17) is 9.47 Å². The van der Waals surface area contributed by atoms with Gasteiger partial charge < -0.3 is 9.47 Å². The molecule has 0 bridgehead atoms. The van der Waals surface area contributed by atoms with E-state index in [0.717, 1.165) is 43.2 Å². The van der Waals surface area contributed by atoms with Crippen molar-refractivity contribution in [3.63, 3.8) is 0 Å². The van der Waals surface area contributed by atoms with Crippen LogP contribution in [-0.4, -0.2) is 19.5 Å². The lowest BCUT2D eigenvalue weighted by Crippen LogP contribution is -2.31. The van der Waals surface area contributed by atoms with Crippen molar-refractivity contribution in [2.75, 3.05) is 13.2 Å². The van der Waals surface area contributed by atoms with E-state index in [-0.39, 0.29) is 23.6 Å². The summed E-state index contributed by atoms with van der Waals surface area (Å²) in [7, 11) is 0. The van der Waals surface area contributed by atoms with Crippen molar-refractivity contribution < 1.29 is 22.6 Å². The molecule has 0 amide bonds. The first kappa shape index (κ1) is 25.5. The standard InChI is InChI=1S/C30H33F3O2/c1-3-5-6-8-22-13-16-26(30(33)29(22)32)21-11-9-20(10-12-21)23-14-15-25(27(31)17-23)24-18-34-28(7-4-2)35-19-24/h9-17,24,28H,3-8,18-19H2,1-2H3. The van der Waals surface area contributed by atoms with Crippen LogP contribution in [0.25, 0.3) is 22.3 Å². The molecule has 0 radical (unpaired) electrons. The topological polar surface area (TPSA) is 18.5 Å². The van der Waals surface area contributed by atoms with Crippen molar-refractivity contribution >= 4 is 0 Å². The molecule has 0 atom stereocenters. The first-order valence-corrected chi connectivity index (χ1v) is 12.6. The Labute approximate surface area is 206 Å². The Bertz CT molecular complexity index is 1120. The second kappa shape index (κ2) is 11.9. The second-order valence-electron chi connectivity index (χ2n) is 9.25. The maximum absolute atomic E-state index is 15.0. The van der Waals surface area contributed by atoms with E-state index >= 15 is 0 Å². The van der Waals surface area contributed by atoms with Gasteiger partial charge in [0.25, 0.3) is 0 Å². The molecule has 3 aromatic carbocycles. The third kappa shape index (κ3) is 5.96. The van der Waals surface area contributed by atoms with Crippen molar-refractivity contribution in [1.29, 1.82) is 0 Å². The van der Waals surface area contributed by atoms with Crippen molar-refractivity contribution in [2.45, 2.75) is 64.6 Å². The van der Waals surface area contributed by atoms with Gasteiger partial charge in [0.2, 0.25) is 0 Å². The number of ether oxygens (including phenoxy) is 2. The molecule has 5 heteroatoms. The SMILES string of the molecule is CCCCCc1ccc(-c2ccc(-c3ccc(C4COC(CCC)OC4)c(F)c3)cc2)c(F)c1F. The summed E-state index contributed by atoms with van der Waals surface area (Å²) in [4.78, 5) is 0. The minimum Gasteiger partial charge on any atom is -0.352 e. The maximum Gasteiger partial charge on any atom is 0.166 e. The van der Waals surface area contributed by atoms with E-state index in [1.807, 2.05) is 6.07 Å². The fourth-order valence-corrected chi connectivity index (χ4v) is 4.58. The molecule has 35 heavy (non-hydrogen) atoms. The highest BCUT2D eigenvalue weighted by Gasteiger charge is 2.25. The fraction of sp³-hybridized carbons (Fsp3) is 0.400. The number of unbranched alkanes of at least 4 members (excludes halogenated alkanes) is 2. The molecule has 0 spiro atoms. The molecule has 3 aromatic rings. The monoisotopic (exact) mass is 482 g/mol. The molecule has 4 rings (SSSR count). The molecule has 1 saturated heterocycles. The molecule has 186 valence electrons. The minimum atomic E-state index is -0.819. The molecule has 1 aliphatic rings. The van der Waals surface area contributed by atoms with Crippen LogP contribution in [0.2, 0.25) is 0 Å². The van der Waals surface area contributed by atoms with E-state index < -0.39 is 11.6 Å². The largest absolute Gasteiger partial charge is 0.352 e. The van der Waals surface area contributed by atoms with Crippen molar-refractivity contribution in [3.05, 3.63) is 83.2 Å². The first-order chi connectivity index (χ1) is 17.0. The summed E-state index contributed by atoms with van der Waals surface area (Å²) in [6.45, 7) is 5.03. The number of hydrogen-bond acceptors (Lipinski definition) is 2. The molecule has 0 unspecified atom stereocenters. The smallest absolute Gasteiger partial charge is 0.166 e. The van der Waals surface area contributed by atoms with Gasteiger partial charge in [-0.3, -0.25) is 0 Å². The van der Waals surface area contributed by atoms with Gasteiger partial charge in [0.05, 0.1) is 13.2 Å². The van der Waals surface area contributed by atoms with Gasteiger partial charge in [0.1, 0.15) is 5.82 Å². The van der Waals surface area contributed by atoms with Gasteiger partial charge in [-0.2, -0.15) is 0 Å². The molecule has 2 nitrogen and oxygen atoms in total. The Morgan fingerprint density at radius 2 is 1.43 bits per heavy atom. The van der Waals surface area contributed by atoms with Crippen molar-refractivity contribution in [2.24, 2.45) is 0 Å². The number of aryl methyl sites for hydroxylation is 1. The molecule has 1 fully saturated rings. The second-order valence-corrected chi connectivity index (χ2v) is 9.25. The van der Waals surface area contributed by atoms with Gasteiger partial charge in [0.15, 0.2) is 17.9 Å². The molecule has 0 aromatic heterocycles. The van der Waals surface area contributed by atoms with Gasteiger partial charge >= 0.3 is 0 Å². The normalized spacial score (nSPS) is 18.1. The molecule has 1 aliphatic heterocycles. The number of halogens is 3. The molecule has 0 saturated carbocycles. The first-order valence-electron chi connectivity index (χ1n) is 12.6. The van der Waals surface area contributed by atoms with Gasteiger partial charge in [0, 0.05) is 11.5 Å². The zero-order valence-electron chi connectivity index (χ0n) is 20.5. The molecular weight excluding hydrogens is 449 g/mol. The number of hydrogen-bond donors (Lipinski definition) is 0. The van der Waals surface area contributed by atoms with Crippen LogP contribution in [0.15, 0.2) is 54.6 Å². The summed E-state index contributed by atoms with van der Waals surface area (Å²) in [5.74, 6) is -2.02. The Balaban J connectivity index is 1.47. The van der Waals surface area contributed by atoms with Crippen LogP contribution in [0, 0.1) is 17.5 Å². The van der Waals surface area contributed by atoms with Gasteiger partial charge in [-0.15, -0.1) is 0 Å². The predicted molar refractivity (Wildman–Crippen MR) is 134 cm³/mol. The summed E-state index contributed by atoms with van der Waals surface area (Å²) >= 11 is 0. The van der Waals surface area contributed by atoms with Crippen LogP contribution in [0.1, 0.15) is 63.0 Å². The fourth-order valence-electron chi connectivity index (χ4n) is 4.58. The Hall–Kier alpha value is -2.63. The summed E-state index contributed by atoms with van der Waals surface area (Å²) in [5, 5.41) is 0. The average molecular weight is 483 g/mol. The predicted octanol–water partition coefficient (Wildman–Crippen LogP) is 8.43. The van der Waals surface area contributed by atoms with Crippen molar-refractivity contribution in [1.82, 2.24) is 0 Å². The van der Waals surface area contributed by atoms with E-state index in [1.165, 1.54) is 6.07 Å². The number of rotatable bonds is 9. The van der Waals surface area contributed by atoms with Crippen LogP contribution in [-0.2, 0) is 15.9 Å². The van der Waals surface area contributed by atoms with E-state index in [9.17, 15) is 13.2 Å². The van der Waals surface area contributed by atoms with E-state index in [1.54, 1.807) is 42.5 Å². The van der Waals surface area contributed by atoms with E-state index in [2.05, 4.69) is 13.8 Å². The summed E-state index contributed by atoms with van der Waals surface area (Å²) in [6.07, 6.45) is 5.02. The molecular formula is C30H33F3O2. The van der Waals surface area contributed by atoms with Gasteiger partial charge in [-0.25, -0.2) is 13.2 Å². The highest BCUT2D eigenvalue weighted by atomic mass is 19.2. The highest BCUT2D eigenvalue weighted by Crippen LogP contribution is 2.32. The Morgan fingerprint density at radius 3 is 2.09 bits per heavy atom. The summed E-state index contributed by atoms with van der Waals surface area (Å²) in [6, 6.07) is 15.6. The Kier molecular flexibility index (Phi) is 8.64. The van der Waals surface area contributed by atoms with Crippen molar-refractivity contribution in [3.8, 4) is 22.3 Å². The highest BCUT2D eigenvalue weighted by molar-refractivity contribution is 5.71. The molecule has 0 aliphatic carbocycles. The van der Waals surface area contributed by atoms with Crippen LogP contribution in [0.4, 0.5) is 13.2 Å². The lowest BCUT2D eigenvalue weighted by Gasteiger charge is -2.29. The lowest BCUT2D eigenvalue weighted by molar-refractivity contribution is -0.190.